The van der Waals surface area contributed by atoms with E-state index >= 15 is 0 Å². The zero-order valence-corrected chi connectivity index (χ0v) is 10.2. The molecule has 0 atom stereocenters. The fourth-order valence-electron chi connectivity index (χ4n) is 0.854. The molecule has 2 aromatic heterocycles. The highest BCUT2D eigenvalue weighted by atomic mass is 79.9. The average Bonchev–Trinajstić information content (AvgIpc) is 2.66. The van der Waals surface area contributed by atoms with Gasteiger partial charge >= 0.3 is 0 Å². The van der Waals surface area contributed by atoms with Crippen molar-refractivity contribution in [1.29, 1.82) is 0 Å². The first kappa shape index (κ1) is 9.95. The van der Waals surface area contributed by atoms with Crippen LogP contribution in [-0.4, -0.2) is 9.97 Å². The molecule has 0 aromatic carbocycles. The van der Waals surface area contributed by atoms with Gasteiger partial charge in [0.05, 0.1) is 8.68 Å². The molecule has 0 fully saturated rings. The third-order valence-electron chi connectivity index (χ3n) is 1.48. The Labute approximate surface area is 97.9 Å². The molecule has 0 radical (unpaired) electrons. The van der Waals surface area contributed by atoms with Crippen molar-refractivity contribution in [3.8, 4) is 0 Å². The number of nitrogen functional groups attached to an aromatic ring is 1. The van der Waals surface area contributed by atoms with Crippen molar-refractivity contribution in [3.05, 3.63) is 28.3 Å². The Morgan fingerprint density at radius 1 is 1.43 bits per heavy atom. The van der Waals surface area contributed by atoms with Crippen LogP contribution in [0.4, 0.5) is 5.82 Å². The van der Waals surface area contributed by atoms with E-state index in [0.717, 1.165) is 9.50 Å². The summed E-state index contributed by atoms with van der Waals surface area (Å²) in [7, 11) is 0. The molecular formula is C8H6BrN3S2. The van der Waals surface area contributed by atoms with Crippen LogP contribution >= 0.6 is 39.0 Å². The maximum absolute atomic E-state index is 5.64. The highest BCUT2D eigenvalue weighted by molar-refractivity contribution is 9.10. The number of halogens is 1. The smallest absolute Gasteiger partial charge is 0.142 e. The van der Waals surface area contributed by atoms with Crippen molar-refractivity contribution < 1.29 is 0 Å². The van der Waals surface area contributed by atoms with Gasteiger partial charge in [0.25, 0.3) is 0 Å². The number of nitrogens with two attached hydrogens (primary N) is 1. The van der Waals surface area contributed by atoms with E-state index in [1.165, 1.54) is 10.5 Å². The molecule has 0 saturated carbocycles. The lowest BCUT2D eigenvalue weighted by atomic mass is 10.6. The second-order valence-corrected chi connectivity index (χ2v) is 5.44. The molecule has 2 N–H and O–H groups in total. The first-order valence-corrected chi connectivity index (χ1v) is 6.23. The fraction of sp³-hybridized carbons (Fsp3) is 0. The molecule has 0 saturated heterocycles. The minimum Gasteiger partial charge on any atom is -0.383 e. The lowest BCUT2D eigenvalue weighted by Crippen LogP contribution is -1.94. The van der Waals surface area contributed by atoms with Crippen LogP contribution in [0.2, 0.25) is 0 Å². The molecule has 0 bridgehead atoms. The van der Waals surface area contributed by atoms with Crippen molar-refractivity contribution in [1.82, 2.24) is 9.97 Å². The van der Waals surface area contributed by atoms with Gasteiger partial charge in [0.1, 0.15) is 17.2 Å². The molecule has 0 amide bonds. The first-order chi connectivity index (χ1) is 6.77. The van der Waals surface area contributed by atoms with Crippen LogP contribution < -0.4 is 5.73 Å². The molecule has 0 spiro atoms. The number of nitrogens with zero attached hydrogens (tertiary/aromatic N) is 2. The molecule has 14 heavy (non-hydrogen) atoms. The minimum absolute atomic E-state index is 0.471. The fourth-order valence-corrected chi connectivity index (χ4v) is 2.98. The first-order valence-electron chi connectivity index (χ1n) is 3.74. The van der Waals surface area contributed by atoms with Crippen LogP contribution in [0.25, 0.3) is 0 Å². The number of anilines is 1. The van der Waals surface area contributed by atoms with E-state index in [-0.39, 0.29) is 0 Å². The van der Waals surface area contributed by atoms with Gasteiger partial charge in [-0.15, -0.1) is 11.3 Å². The summed E-state index contributed by atoms with van der Waals surface area (Å²) in [5.74, 6) is 0.471. The third kappa shape index (κ3) is 2.08. The number of thiophene rings is 1. The third-order valence-corrected chi connectivity index (χ3v) is 4.56. The lowest BCUT2D eigenvalue weighted by Gasteiger charge is -2.01. The summed E-state index contributed by atoms with van der Waals surface area (Å²) in [5, 5.41) is 2.88. The van der Waals surface area contributed by atoms with Crippen LogP contribution in [0, 0.1) is 0 Å². The van der Waals surface area contributed by atoms with Gasteiger partial charge in [0, 0.05) is 0 Å². The summed E-state index contributed by atoms with van der Waals surface area (Å²) < 4.78 is 1.95. The number of rotatable bonds is 2. The predicted molar refractivity (Wildman–Crippen MR) is 62.6 cm³/mol. The molecule has 0 aliphatic rings. The molecule has 72 valence electrons. The van der Waals surface area contributed by atoms with Gasteiger partial charge in [0.15, 0.2) is 0 Å². The van der Waals surface area contributed by atoms with Crippen molar-refractivity contribution in [3.63, 3.8) is 0 Å². The van der Waals surface area contributed by atoms with Crippen molar-refractivity contribution >= 4 is 44.8 Å². The van der Waals surface area contributed by atoms with Crippen LogP contribution in [0.5, 0.6) is 0 Å². The van der Waals surface area contributed by atoms with Crippen LogP contribution in [0.1, 0.15) is 0 Å². The van der Waals surface area contributed by atoms with Crippen LogP contribution in [0.3, 0.4) is 0 Å². The SMILES string of the molecule is Nc1ncnc(Sc2cccs2)c1Br. The second kappa shape index (κ2) is 4.29. The van der Waals surface area contributed by atoms with E-state index < -0.39 is 0 Å². The summed E-state index contributed by atoms with van der Waals surface area (Å²) in [6.45, 7) is 0. The zero-order valence-electron chi connectivity index (χ0n) is 6.98. The summed E-state index contributed by atoms with van der Waals surface area (Å²) in [5.41, 5.74) is 5.64. The lowest BCUT2D eigenvalue weighted by molar-refractivity contribution is 1.04. The molecule has 0 aliphatic carbocycles. The van der Waals surface area contributed by atoms with E-state index in [0.29, 0.717) is 5.82 Å². The molecule has 2 rings (SSSR count). The Bertz CT molecular complexity index is 430. The van der Waals surface area contributed by atoms with E-state index in [1.54, 1.807) is 23.1 Å². The molecular weight excluding hydrogens is 282 g/mol. The Balaban J connectivity index is 2.29. The van der Waals surface area contributed by atoms with E-state index in [2.05, 4.69) is 25.9 Å². The van der Waals surface area contributed by atoms with Gasteiger partial charge in [-0.05, 0) is 27.4 Å². The van der Waals surface area contributed by atoms with E-state index in [1.807, 2.05) is 17.5 Å². The molecule has 3 nitrogen and oxygen atoms in total. The standard InChI is InChI=1S/C8H6BrN3S2/c9-6-7(10)11-4-12-8(6)14-5-2-1-3-13-5/h1-4H,(H2,10,11,12). The van der Waals surface area contributed by atoms with Crippen molar-refractivity contribution in [2.45, 2.75) is 9.24 Å². The molecule has 2 heterocycles. The van der Waals surface area contributed by atoms with Gasteiger partial charge in [-0.2, -0.15) is 0 Å². The van der Waals surface area contributed by atoms with E-state index in [9.17, 15) is 0 Å². The molecule has 2 aromatic rings. The van der Waals surface area contributed by atoms with Gasteiger partial charge in [0.2, 0.25) is 0 Å². The monoisotopic (exact) mass is 287 g/mol. The van der Waals surface area contributed by atoms with Gasteiger partial charge in [-0.1, -0.05) is 17.8 Å². The molecule has 0 unspecified atom stereocenters. The Morgan fingerprint density at radius 2 is 2.29 bits per heavy atom. The number of hydrogen-bond donors (Lipinski definition) is 1. The topological polar surface area (TPSA) is 51.8 Å². The van der Waals surface area contributed by atoms with Crippen LogP contribution in [-0.2, 0) is 0 Å². The predicted octanol–water partition coefficient (Wildman–Crippen LogP) is 3.03. The molecule has 6 heteroatoms. The second-order valence-electron chi connectivity index (χ2n) is 2.41. The highest BCUT2D eigenvalue weighted by Gasteiger charge is 2.07. The maximum atomic E-state index is 5.64. The van der Waals surface area contributed by atoms with Gasteiger partial charge in [-0.3, -0.25) is 0 Å². The van der Waals surface area contributed by atoms with Crippen LogP contribution in [0.15, 0.2) is 37.5 Å². The van der Waals surface area contributed by atoms with Gasteiger partial charge < -0.3 is 5.73 Å². The Kier molecular flexibility index (Phi) is 3.05. The van der Waals surface area contributed by atoms with Crippen molar-refractivity contribution in [2.24, 2.45) is 0 Å². The van der Waals surface area contributed by atoms with Crippen molar-refractivity contribution in [2.75, 3.05) is 5.73 Å². The highest BCUT2D eigenvalue weighted by Crippen LogP contribution is 2.35. The normalized spacial score (nSPS) is 10.4. The quantitative estimate of drug-likeness (QED) is 0.863. The Morgan fingerprint density at radius 3 is 3.00 bits per heavy atom. The average molecular weight is 288 g/mol. The zero-order chi connectivity index (χ0) is 9.97. The summed E-state index contributed by atoms with van der Waals surface area (Å²) in [6, 6.07) is 4.05. The van der Waals surface area contributed by atoms with Gasteiger partial charge in [-0.25, -0.2) is 9.97 Å². The minimum atomic E-state index is 0.471. The summed E-state index contributed by atoms with van der Waals surface area (Å²) in [6.07, 6.45) is 1.47. The molecule has 0 aliphatic heterocycles. The number of aromatic nitrogens is 2. The number of hydrogen-bond acceptors (Lipinski definition) is 5. The van der Waals surface area contributed by atoms with E-state index in [4.69, 9.17) is 5.73 Å². The summed E-state index contributed by atoms with van der Waals surface area (Å²) >= 11 is 6.61. The Hall–Kier alpha value is -0.590. The summed E-state index contributed by atoms with van der Waals surface area (Å²) in [4.78, 5) is 8.02. The largest absolute Gasteiger partial charge is 0.383 e. The maximum Gasteiger partial charge on any atom is 0.142 e.